The highest BCUT2D eigenvalue weighted by Crippen LogP contribution is 2.38. The maximum atomic E-state index is 12.7. The van der Waals surface area contributed by atoms with Crippen LogP contribution in [0.2, 0.25) is 0 Å². The van der Waals surface area contributed by atoms with Crippen molar-refractivity contribution in [2.45, 2.75) is 26.2 Å². The number of likely N-dealkylation sites (tertiary alicyclic amines) is 1. The third kappa shape index (κ3) is 5.52. The van der Waals surface area contributed by atoms with E-state index in [4.69, 9.17) is 14.2 Å². The molecule has 0 unspecified atom stereocenters. The Morgan fingerprint density at radius 1 is 0.938 bits per heavy atom. The zero-order valence-electron chi connectivity index (χ0n) is 19.3. The van der Waals surface area contributed by atoms with Crippen molar-refractivity contribution < 1.29 is 23.8 Å². The van der Waals surface area contributed by atoms with Crippen LogP contribution in [0.5, 0.6) is 17.2 Å². The van der Waals surface area contributed by atoms with Gasteiger partial charge in [0.15, 0.2) is 11.5 Å². The predicted molar refractivity (Wildman–Crippen MR) is 123 cm³/mol. The Morgan fingerprint density at radius 2 is 1.53 bits per heavy atom. The largest absolute Gasteiger partial charge is 0.493 e. The third-order valence-corrected chi connectivity index (χ3v) is 5.97. The topological polar surface area (TPSA) is 77.1 Å². The number of hydrogen-bond donors (Lipinski definition) is 1. The zero-order chi connectivity index (χ0) is 23.1. The van der Waals surface area contributed by atoms with Crippen molar-refractivity contribution in [1.29, 1.82) is 0 Å². The molecule has 0 aliphatic carbocycles. The van der Waals surface area contributed by atoms with Crippen LogP contribution in [0.15, 0.2) is 36.4 Å². The van der Waals surface area contributed by atoms with Crippen molar-refractivity contribution in [3.63, 3.8) is 0 Å². The van der Waals surface area contributed by atoms with Crippen LogP contribution in [0.3, 0.4) is 0 Å². The van der Waals surface area contributed by atoms with E-state index < -0.39 is 0 Å². The molecule has 1 aliphatic heterocycles. The van der Waals surface area contributed by atoms with Crippen LogP contribution < -0.4 is 19.5 Å². The Morgan fingerprint density at radius 3 is 2.06 bits per heavy atom. The number of methoxy groups -OCH3 is 3. The molecule has 0 saturated carbocycles. The quantitative estimate of drug-likeness (QED) is 0.677. The molecule has 1 saturated heterocycles. The highest BCUT2D eigenvalue weighted by atomic mass is 16.5. The van der Waals surface area contributed by atoms with Crippen LogP contribution in [0.1, 0.15) is 45.5 Å². The van der Waals surface area contributed by atoms with Gasteiger partial charge in [-0.1, -0.05) is 17.7 Å². The number of carbonyl (C=O) groups excluding carboxylic acids is 2. The number of benzene rings is 2. The van der Waals surface area contributed by atoms with E-state index in [0.717, 1.165) is 43.5 Å². The first-order valence-electron chi connectivity index (χ1n) is 10.9. The molecule has 1 N–H and O–H groups in total. The average molecular weight is 441 g/mol. The van der Waals surface area contributed by atoms with Crippen molar-refractivity contribution >= 4 is 11.8 Å². The number of amides is 2. The monoisotopic (exact) mass is 440 g/mol. The lowest BCUT2D eigenvalue weighted by Crippen LogP contribution is -2.39. The first-order chi connectivity index (χ1) is 15.5. The minimum Gasteiger partial charge on any atom is -0.493 e. The first-order valence-corrected chi connectivity index (χ1v) is 10.9. The zero-order valence-corrected chi connectivity index (χ0v) is 19.3. The number of hydrogen-bond acceptors (Lipinski definition) is 5. The fourth-order valence-electron chi connectivity index (χ4n) is 4.01. The lowest BCUT2D eigenvalue weighted by molar-refractivity contribution is 0.0687. The lowest BCUT2D eigenvalue weighted by Gasteiger charge is -2.32. The number of nitrogens with one attached hydrogen (secondary N) is 1. The summed E-state index contributed by atoms with van der Waals surface area (Å²) in [5.74, 6) is 1.75. The molecule has 0 atom stereocenters. The molecule has 1 heterocycles. The predicted octanol–water partition coefficient (Wildman–Crippen LogP) is 3.69. The van der Waals surface area contributed by atoms with Crippen molar-refractivity contribution in [3.05, 3.63) is 53.1 Å². The molecule has 0 spiro atoms. The summed E-state index contributed by atoms with van der Waals surface area (Å²) in [4.78, 5) is 27.2. The first kappa shape index (κ1) is 23.4. The van der Waals surface area contributed by atoms with Gasteiger partial charge in [-0.2, -0.15) is 0 Å². The number of piperidine rings is 1. The van der Waals surface area contributed by atoms with Crippen LogP contribution in [0.4, 0.5) is 0 Å². The molecule has 32 heavy (non-hydrogen) atoms. The molecule has 2 amide bonds. The fourth-order valence-corrected chi connectivity index (χ4v) is 4.01. The smallest absolute Gasteiger partial charge is 0.253 e. The summed E-state index contributed by atoms with van der Waals surface area (Å²) in [7, 11) is 4.57. The molecule has 7 nitrogen and oxygen atoms in total. The van der Waals surface area contributed by atoms with Gasteiger partial charge in [0.05, 0.1) is 21.3 Å². The molecule has 0 aromatic heterocycles. The Bertz CT molecular complexity index is 909. The van der Waals surface area contributed by atoms with E-state index in [0.29, 0.717) is 35.3 Å². The van der Waals surface area contributed by atoms with Gasteiger partial charge in [-0.25, -0.2) is 0 Å². The van der Waals surface area contributed by atoms with Gasteiger partial charge in [-0.3, -0.25) is 9.59 Å². The second kappa shape index (κ2) is 10.9. The number of ether oxygens (including phenoxy) is 3. The van der Waals surface area contributed by atoms with Crippen LogP contribution in [0, 0.1) is 12.8 Å². The summed E-state index contributed by atoms with van der Waals surface area (Å²) in [5.41, 5.74) is 2.35. The van der Waals surface area contributed by atoms with Crippen LogP contribution in [-0.2, 0) is 0 Å². The molecular weight excluding hydrogens is 408 g/mol. The Kier molecular flexibility index (Phi) is 7.98. The summed E-state index contributed by atoms with van der Waals surface area (Å²) in [6.07, 6.45) is 2.76. The van der Waals surface area contributed by atoms with Gasteiger partial charge in [0.25, 0.3) is 11.8 Å². The molecule has 1 aliphatic rings. The number of rotatable bonds is 8. The Hall–Kier alpha value is -3.22. The summed E-state index contributed by atoms with van der Waals surface area (Å²) in [6, 6.07) is 11.0. The van der Waals surface area contributed by atoms with Crippen molar-refractivity contribution in [1.82, 2.24) is 10.2 Å². The summed E-state index contributed by atoms with van der Waals surface area (Å²) < 4.78 is 15.9. The van der Waals surface area contributed by atoms with Gasteiger partial charge in [-0.15, -0.1) is 0 Å². The minimum atomic E-state index is -0.184. The van der Waals surface area contributed by atoms with E-state index in [9.17, 15) is 9.59 Å². The van der Waals surface area contributed by atoms with E-state index in [1.165, 1.54) is 21.3 Å². The number of nitrogens with zero attached hydrogens (tertiary/aromatic N) is 1. The molecule has 3 rings (SSSR count). The maximum Gasteiger partial charge on any atom is 0.253 e. The summed E-state index contributed by atoms with van der Waals surface area (Å²) in [5, 5.41) is 2.98. The van der Waals surface area contributed by atoms with Gasteiger partial charge in [0, 0.05) is 30.8 Å². The fraction of sp³-hybridized carbons (Fsp3) is 0.440. The van der Waals surface area contributed by atoms with Crippen molar-refractivity contribution in [2.75, 3.05) is 41.0 Å². The molecule has 1 fully saturated rings. The molecule has 0 radical (unpaired) electrons. The van der Waals surface area contributed by atoms with Crippen molar-refractivity contribution in [2.24, 2.45) is 5.92 Å². The molecule has 0 bridgehead atoms. The Balaban J connectivity index is 1.48. The van der Waals surface area contributed by atoms with E-state index in [1.54, 1.807) is 12.1 Å². The summed E-state index contributed by atoms with van der Waals surface area (Å²) in [6.45, 7) is 4.09. The maximum absolute atomic E-state index is 12.7. The number of aryl methyl sites for hydroxylation is 1. The second-order valence-electron chi connectivity index (χ2n) is 8.06. The van der Waals surface area contributed by atoms with Gasteiger partial charge >= 0.3 is 0 Å². The number of carbonyl (C=O) groups is 2. The second-order valence-corrected chi connectivity index (χ2v) is 8.06. The highest BCUT2D eigenvalue weighted by Gasteiger charge is 2.24. The minimum absolute atomic E-state index is 0.0964. The van der Waals surface area contributed by atoms with E-state index in [2.05, 4.69) is 5.32 Å². The van der Waals surface area contributed by atoms with E-state index in [-0.39, 0.29) is 11.8 Å². The van der Waals surface area contributed by atoms with E-state index >= 15 is 0 Å². The third-order valence-electron chi connectivity index (χ3n) is 5.97. The Labute approximate surface area is 189 Å². The van der Waals surface area contributed by atoms with Gasteiger partial charge in [-0.05, 0) is 56.4 Å². The van der Waals surface area contributed by atoms with Crippen LogP contribution in [0.25, 0.3) is 0 Å². The van der Waals surface area contributed by atoms with Gasteiger partial charge in [0.1, 0.15) is 0 Å². The lowest BCUT2D eigenvalue weighted by atomic mass is 9.93. The van der Waals surface area contributed by atoms with Gasteiger partial charge in [0.2, 0.25) is 5.75 Å². The molecule has 7 heteroatoms. The molecule has 172 valence electrons. The summed E-state index contributed by atoms with van der Waals surface area (Å²) >= 11 is 0. The normalized spacial score (nSPS) is 14.1. The van der Waals surface area contributed by atoms with E-state index in [1.807, 2.05) is 36.1 Å². The average Bonchev–Trinajstić information content (AvgIpc) is 2.83. The molecule has 2 aromatic carbocycles. The van der Waals surface area contributed by atoms with Crippen molar-refractivity contribution in [3.8, 4) is 17.2 Å². The van der Waals surface area contributed by atoms with Crippen LogP contribution >= 0.6 is 0 Å². The highest BCUT2D eigenvalue weighted by molar-refractivity contribution is 5.95. The standard InChI is InChI=1S/C25H32N2O5/c1-17-5-7-19(8-6-17)25(29)27-13-10-18(11-14-27)9-12-26-24(28)20-15-21(30-2)23(32-4)22(16-20)31-3/h5-8,15-16,18H,9-14H2,1-4H3,(H,26,28). The molecule has 2 aromatic rings. The molecular formula is C25H32N2O5. The van der Waals surface area contributed by atoms with Crippen LogP contribution in [-0.4, -0.2) is 57.7 Å². The van der Waals surface area contributed by atoms with Gasteiger partial charge < -0.3 is 24.4 Å². The SMILES string of the molecule is COc1cc(C(=O)NCCC2CCN(C(=O)c3ccc(C)cc3)CC2)cc(OC)c1OC.